The minimum atomic E-state index is -0.106. The number of nitrogens with zero attached hydrogens (tertiary/aromatic N) is 2. The molecule has 0 spiro atoms. The summed E-state index contributed by atoms with van der Waals surface area (Å²) in [6.07, 6.45) is 1.51. The van der Waals surface area contributed by atoms with Crippen LogP contribution < -0.4 is 10.6 Å². The van der Waals surface area contributed by atoms with Gasteiger partial charge in [0.15, 0.2) is 0 Å². The molecule has 0 saturated carbocycles. The number of aromatic nitrogens is 2. The van der Waals surface area contributed by atoms with E-state index in [1.807, 2.05) is 48.5 Å². The highest BCUT2D eigenvalue weighted by atomic mass is 16.1. The van der Waals surface area contributed by atoms with Gasteiger partial charge in [-0.05, 0) is 30.3 Å². The minimum absolute atomic E-state index is 0.106. The summed E-state index contributed by atoms with van der Waals surface area (Å²) in [5.41, 5.74) is 2.46. The van der Waals surface area contributed by atoms with Crippen LogP contribution in [0.1, 0.15) is 6.92 Å². The second-order valence-corrected chi connectivity index (χ2v) is 4.63. The molecule has 0 fully saturated rings. The van der Waals surface area contributed by atoms with Crippen LogP contribution in [0.2, 0.25) is 0 Å². The molecule has 1 amide bonds. The van der Waals surface area contributed by atoms with E-state index in [1.165, 1.54) is 13.3 Å². The molecule has 0 radical (unpaired) electrons. The lowest BCUT2D eigenvalue weighted by Gasteiger charge is -2.09. The highest BCUT2D eigenvalue weighted by Gasteiger charge is 2.05. The van der Waals surface area contributed by atoms with E-state index in [0.29, 0.717) is 0 Å². The predicted octanol–water partition coefficient (Wildman–Crippen LogP) is 3.33. The van der Waals surface area contributed by atoms with E-state index in [2.05, 4.69) is 20.6 Å². The maximum atomic E-state index is 11.1. The molecule has 1 aromatic heterocycles. The number of amides is 1. The Morgan fingerprint density at radius 2 is 1.81 bits per heavy atom. The molecule has 1 heterocycles. The van der Waals surface area contributed by atoms with Crippen molar-refractivity contribution in [3.05, 3.63) is 54.9 Å². The number of anilines is 3. The average Bonchev–Trinajstić information content (AvgIpc) is 2.48. The molecule has 0 saturated heterocycles. The Labute approximate surface area is 122 Å². The van der Waals surface area contributed by atoms with Crippen molar-refractivity contribution in [1.82, 2.24) is 9.97 Å². The maximum Gasteiger partial charge on any atom is 0.221 e. The smallest absolute Gasteiger partial charge is 0.221 e. The van der Waals surface area contributed by atoms with Gasteiger partial charge >= 0.3 is 0 Å². The van der Waals surface area contributed by atoms with E-state index in [9.17, 15) is 4.79 Å². The molecular formula is C16H14N4O. The number of carbonyl (C=O) groups is 1. The Bertz CT molecular complexity index is 787. The van der Waals surface area contributed by atoms with Crippen molar-refractivity contribution in [3.63, 3.8) is 0 Å². The number of rotatable bonds is 3. The van der Waals surface area contributed by atoms with Crippen LogP contribution in [0, 0.1) is 0 Å². The van der Waals surface area contributed by atoms with Gasteiger partial charge in [-0.3, -0.25) is 4.79 Å². The lowest BCUT2D eigenvalue weighted by Crippen LogP contribution is -2.05. The molecular weight excluding hydrogens is 264 g/mol. The third-order valence-electron chi connectivity index (χ3n) is 2.99. The lowest BCUT2D eigenvalue weighted by molar-refractivity contribution is -0.114. The molecule has 2 N–H and O–H groups in total. The number of hydrogen-bond donors (Lipinski definition) is 2. The standard InChI is InChI=1S/C16H14N4O/c1-11(21)19-13-7-8-14-15(9-13)17-10-18-16(14)20-12-5-3-2-4-6-12/h2-10H,1H3,(H,19,21)(H,17,18,20). The first-order valence-corrected chi connectivity index (χ1v) is 6.57. The molecule has 0 unspecified atom stereocenters. The monoisotopic (exact) mass is 278 g/mol. The second kappa shape index (κ2) is 5.58. The predicted molar refractivity (Wildman–Crippen MR) is 83.6 cm³/mol. The molecule has 21 heavy (non-hydrogen) atoms. The zero-order chi connectivity index (χ0) is 14.7. The molecule has 0 atom stereocenters. The van der Waals surface area contributed by atoms with E-state index in [4.69, 9.17) is 0 Å². The van der Waals surface area contributed by atoms with E-state index in [1.54, 1.807) is 0 Å². The highest BCUT2D eigenvalue weighted by Crippen LogP contribution is 2.25. The number of carbonyl (C=O) groups excluding carboxylic acids is 1. The SMILES string of the molecule is CC(=O)Nc1ccc2c(Nc3ccccc3)ncnc2c1. The third kappa shape index (κ3) is 2.97. The van der Waals surface area contributed by atoms with Crippen LogP contribution >= 0.6 is 0 Å². The molecule has 5 nitrogen and oxygen atoms in total. The maximum absolute atomic E-state index is 11.1. The summed E-state index contributed by atoms with van der Waals surface area (Å²) >= 11 is 0. The Balaban J connectivity index is 1.98. The molecule has 0 aliphatic heterocycles. The summed E-state index contributed by atoms with van der Waals surface area (Å²) in [5.74, 6) is 0.631. The van der Waals surface area contributed by atoms with Gasteiger partial charge < -0.3 is 10.6 Å². The number of benzene rings is 2. The number of nitrogens with one attached hydrogen (secondary N) is 2. The second-order valence-electron chi connectivity index (χ2n) is 4.63. The highest BCUT2D eigenvalue weighted by molar-refractivity contribution is 5.95. The zero-order valence-corrected chi connectivity index (χ0v) is 11.5. The van der Waals surface area contributed by atoms with Crippen molar-refractivity contribution in [2.45, 2.75) is 6.92 Å². The first-order chi connectivity index (χ1) is 10.2. The van der Waals surface area contributed by atoms with Crippen LogP contribution in [0.15, 0.2) is 54.9 Å². The fourth-order valence-corrected chi connectivity index (χ4v) is 2.10. The Morgan fingerprint density at radius 3 is 2.57 bits per heavy atom. The topological polar surface area (TPSA) is 66.9 Å². The first-order valence-electron chi connectivity index (χ1n) is 6.57. The van der Waals surface area contributed by atoms with Crippen LogP contribution in [0.25, 0.3) is 10.9 Å². The average molecular weight is 278 g/mol. The van der Waals surface area contributed by atoms with Gasteiger partial charge in [-0.15, -0.1) is 0 Å². The largest absolute Gasteiger partial charge is 0.340 e. The van der Waals surface area contributed by atoms with Gasteiger partial charge in [0.1, 0.15) is 12.1 Å². The van der Waals surface area contributed by atoms with E-state index in [-0.39, 0.29) is 5.91 Å². The summed E-state index contributed by atoms with van der Waals surface area (Å²) < 4.78 is 0. The van der Waals surface area contributed by atoms with Crippen LogP contribution in [-0.2, 0) is 4.79 Å². The quantitative estimate of drug-likeness (QED) is 0.771. The van der Waals surface area contributed by atoms with Gasteiger partial charge in [0.05, 0.1) is 5.52 Å². The van der Waals surface area contributed by atoms with Crippen LogP contribution in [-0.4, -0.2) is 15.9 Å². The van der Waals surface area contributed by atoms with Crippen molar-refractivity contribution >= 4 is 34.0 Å². The molecule has 3 rings (SSSR count). The van der Waals surface area contributed by atoms with Crippen molar-refractivity contribution in [2.75, 3.05) is 10.6 Å². The van der Waals surface area contributed by atoms with E-state index < -0.39 is 0 Å². The van der Waals surface area contributed by atoms with Gasteiger partial charge in [-0.1, -0.05) is 18.2 Å². The minimum Gasteiger partial charge on any atom is -0.340 e. The van der Waals surface area contributed by atoms with Crippen LogP contribution in [0.3, 0.4) is 0 Å². The number of hydrogen-bond acceptors (Lipinski definition) is 4. The fourth-order valence-electron chi connectivity index (χ4n) is 2.10. The number of fused-ring (bicyclic) bond motifs is 1. The number of para-hydroxylation sites is 1. The van der Waals surface area contributed by atoms with E-state index >= 15 is 0 Å². The molecule has 3 aromatic rings. The summed E-state index contributed by atoms with van der Waals surface area (Å²) in [4.78, 5) is 19.6. The van der Waals surface area contributed by atoms with Gasteiger partial charge in [-0.25, -0.2) is 9.97 Å². The van der Waals surface area contributed by atoms with Crippen molar-refractivity contribution in [3.8, 4) is 0 Å². The summed E-state index contributed by atoms with van der Waals surface area (Å²) in [6.45, 7) is 1.48. The third-order valence-corrected chi connectivity index (χ3v) is 2.99. The fraction of sp³-hybridized carbons (Fsp3) is 0.0625. The van der Waals surface area contributed by atoms with Crippen LogP contribution in [0.4, 0.5) is 17.2 Å². The van der Waals surface area contributed by atoms with Gasteiger partial charge in [0.25, 0.3) is 0 Å². The Hall–Kier alpha value is -2.95. The molecule has 0 bridgehead atoms. The van der Waals surface area contributed by atoms with Gasteiger partial charge in [0, 0.05) is 23.7 Å². The molecule has 104 valence electrons. The Kier molecular flexibility index (Phi) is 3.47. The molecule has 0 aliphatic rings. The summed E-state index contributed by atoms with van der Waals surface area (Å²) in [7, 11) is 0. The van der Waals surface area contributed by atoms with Gasteiger partial charge in [-0.2, -0.15) is 0 Å². The molecule has 2 aromatic carbocycles. The lowest BCUT2D eigenvalue weighted by atomic mass is 10.2. The zero-order valence-electron chi connectivity index (χ0n) is 11.5. The molecule has 0 aliphatic carbocycles. The van der Waals surface area contributed by atoms with E-state index in [0.717, 1.165) is 28.1 Å². The van der Waals surface area contributed by atoms with Crippen LogP contribution in [0.5, 0.6) is 0 Å². The van der Waals surface area contributed by atoms with Gasteiger partial charge in [0.2, 0.25) is 5.91 Å². The van der Waals surface area contributed by atoms with Crippen molar-refractivity contribution in [1.29, 1.82) is 0 Å². The Morgan fingerprint density at radius 1 is 1.00 bits per heavy atom. The van der Waals surface area contributed by atoms with Crippen molar-refractivity contribution in [2.24, 2.45) is 0 Å². The first kappa shape index (κ1) is 13.1. The summed E-state index contributed by atoms with van der Waals surface area (Å²) in [5, 5.41) is 6.91. The van der Waals surface area contributed by atoms with Crippen molar-refractivity contribution < 1.29 is 4.79 Å². The molecule has 5 heteroatoms. The normalized spacial score (nSPS) is 10.3. The summed E-state index contributed by atoms with van der Waals surface area (Å²) in [6, 6.07) is 15.4.